The fourth-order valence-corrected chi connectivity index (χ4v) is 2.24. The number of piperidine rings is 1. The van der Waals surface area contributed by atoms with Gasteiger partial charge >= 0.3 is 0 Å². The Labute approximate surface area is 101 Å². The highest BCUT2D eigenvalue weighted by Crippen LogP contribution is 2.11. The third-order valence-corrected chi connectivity index (χ3v) is 3.30. The average molecular weight is 228 g/mol. The third kappa shape index (κ3) is 5.83. The Morgan fingerprint density at radius 3 is 2.69 bits per heavy atom. The standard InChI is InChI=1S/C13H28N2O/c1-3-16-11-7-8-14-12-13(2)15-9-5-4-6-10-15/h13-14H,3-12H2,1-2H3. The maximum Gasteiger partial charge on any atom is 0.0477 e. The van der Waals surface area contributed by atoms with E-state index in [2.05, 4.69) is 17.1 Å². The van der Waals surface area contributed by atoms with Crippen LogP contribution in [0.15, 0.2) is 0 Å². The van der Waals surface area contributed by atoms with Crippen molar-refractivity contribution in [2.75, 3.05) is 39.4 Å². The van der Waals surface area contributed by atoms with E-state index < -0.39 is 0 Å². The third-order valence-electron chi connectivity index (χ3n) is 3.30. The first-order chi connectivity index (χ1) is 7.84. The molecule has 1 unspecified atom stereocenters. The van der Waals surface area contributed by atoms with Gasteiger partial charge in [-0.3, -0.25) is 4.90 Å². The lowest BCUT2D eigenvalue weighted by atomic mass is 10.1. The summed E-state index contributed by atoms with van der Waals surface area (Å²) < 4.78 is 5.31. The summed E-state index contributed by atoms with van der Waals surface area (Å²) in [4.78, 5) is 2.61. The minimum absolute atomic E-state index is 0.687. The van der Waals surface area contributed by atoms with Gasteiger partial charge in [-0.15, -0.1) is 0 Å². The zero-order chi connectivity index (χ0) is 11.6. The lowest BCUT2D eigenvalue weighted by Gasteiger charge is -2.32. The molecule has 96 valence electrons. The molecule has 1 rings (SSSR count). The van der Waals surface area contributed by atoms with Crippen molar-refractivity contribution in [3.05, 3.63) is 0 Å². The number of rotatable bonds is 8. The lowest BCUT2D eigenvalue weighted by Crippen LogP contribution is -2.43. The van der Waals surface area contributed by atoms with Gasteiger partial charge in [0.05, 0.1) is 0 Å². The summed E-state index contributed by atoms with van der Waals surface area (Å²) in [5, 5.41) is 3.52. The number of nitrogens with zero attached hydrogens (tertiary/aromatic N) is 1. The molecule has 0 spiro atoms. The molecular weight excluding hydrogens is 200 g/mol. The normalized spacial score (nSPS) is 19.9. The Hall–Kier alpha value is -0.120. The van der Waals surface area contributed by atoms with Crippen LogP contribution in [0.25, 0.3) is 0 Å². The summed E-state index contributed by atoms with van der Waals surface area (Å²) in [6, 6.07) is 0.687. The van der Waals surface area contributed by atoms with Gasteiger partial charge in [-0.05, 0) is 52.7 Å². The Bertz CT molecular complexity index is 158. The van der Waals surface area contributed by atoms with E-state index in [1.54, 1.807) is 0 Å². The van der Waals surface area contributed by atoms with Crippen molar-refractivity contribution in [3.8, 4) is 0 Å². The van der Waals surface area contributed by atoms with E-state index in [0.29, 0.717) is 6.04 Å². The summed E-state index contributed by atoms with van der Waals surface area (Å²) in [5.74, 6) is 0. The number of nitrogens with one attached hydrogen (secondary N) is 1. The number of likely N-dealkylation sites (tertiary alicyclic amines) is 1. The van der Waals surface area contributed by atoms with Crippen molar-refractivity contribution in [2.45, 2.75) is 45.6 Å². The quantitative estimate of drug-likeness (QED) is 0.642. The van der Waals surface area contributed by atoms with Crippen molar-refractivity contribution in [1.29, 1.82) is 0 Å². The molecule has 0 aromatic rings. The Kier molecular flexibility index (Phi) is 7.81. The van der Waals surface area contributed by atoms with Crippen LogP contribution in [0.1, 0.15) is 39.5 Å². The van der Waals surface area contributed by atoms with Crippen molar-refractivity contribution >= 4 is 0 Å². The first kappa shape index (κ1) is 13.9. The number of ether oxygens (including phenoxy) is 1. The van der Waals surface area contributed by atoms with Gasteiger partial charge in [-0.1, -0.05) is 6.42 Å². The van der Waals surface area contributed by atoms with Crippen LogP contribution in [0.5, 0.6) is 0 Å². The van der Waals surface area contributed by atoms with Crippen LogP contribution in [0.4, 0.5) is 0 Å². The molecule has 1 fully saturated rings. The van der Waals surface area contributed by atoms with Gasteiger partial charge in [0, 0.05) is 25.8 Å². The summed E-state index contributed by atoms with van der Waals surface area (Å²) >= 11 is 0. The Balaban J connectivity index is 1.94. The van der Waals surface area contributed by atoms with E-state index in [0.717, 1.165) is 32.7 Å². The van der Waals surface area contributed by atoms with E-state index in [4.69, 9.17) is 4.74 Å². The molecule has 0 amide bonds. The summed E-state index contributed by atoms with van der Waals surface area (Å²) in [5.41, 5.74) is 0. The van der Waals surface area contributed by atoms with Crippen LogP contribution < -0.4 is 5.32 Å². The van der Waals surface area contributed by atoms with Crippen molar-refractivity contribution in [1.82, 2.24) is 10.2 Å². The first-order valence-electron chi connectivity index (χ1n) is 6.87. The highest BCUT2D eigenvalue weighted by molar-refractivity contribution is 4.73. The molecule has 1 heterocycles. The van der Waals surface area contributed by atoms with Crippen molar-refractivity contribution in [3.63, 3.8) is 0 Å². The van der Waals surface area contributed by atoms with E-state index >= 15 is 0 Å². The highest BCUT2D eigenvalue weighted by Gasteiger charge is 2.15. The van der Waals surface area contributed by atoms with Gasteiger partial charge in [0.15, 0.2) is 0 Å². The molecule has 1 saturated heterocycles. The predicted octanol–water partition coefficient (Wildman–Crippen LogP) is 1.88. The second kappa shape index (κ2) is 8.97. The SMILES string of the molecule is CCOCCCNCC(C)N1CCCCC1. The van der Waals surface area contributed by atoms with Gasteiger partial charge in [0.2, 0.25) is 0 Å². The molecule has 1 N–H and O–H groups in total. The maximum absolute atomic E-state index is 5.31. The second-order valence-electron chi connectivity index (χ2n) is 4.70. The molecule has 3 heteroatoms. The molecule has 1 aliphatic rings. The van der Waals surface area contributed by atoms with E-state index in [-0.39, 0.29) is 0 Å². The lowest BCUT2D eigenvalue weighted by molar-refractivity contribution is 0.142. The van der Waals surface area contributed by atoms with Gasteiger partial charge < -0.3 is 10.1 Å². The minimum atomic E-state index is 0.687. The van der Waals surface area contributed by atoms with Crippen LogP contribution in [0, 0.1) is 0 Å². The monoisotopic (exact) mass is 228 g/mol. The average Bonchev–Trinajstić information content (AvgIpc) is 2.34. The number of hydrogen-bond donors (Lipinski definition) is 1. The van der Waals surface area contributed by atoms with Crippen molar-refractivity contribution in [2.24, 2.45) is 0 Å². The van der Waals surface area contributed by atoms with Crippen LogP contribution in [0.3, 0.4) is 0 Å². The molecule has 16 heavy (non-hydrogen) atoms. The molecule has 0 bridgehead atoms. The van der Waals surface area contributed by atoms with Gasteiger partial charge in [0.1, 0.15) is 0 Å². The van der Waals surface area contributed by atoms with Crippen molar-refractivity contribution < 1.29 is 4.74 Å². The van der Waals surface area contributed by atoms with E-state index in [1.807, 2.05) is 6.92 Å². The molecule has 0 aromatic carbocycles. The minimum Gasteiger partial charge on any atom is -0.382 e. The Morgan fingerprint density at radius 2 is 2.00 bits per heavy atom. The van der Waals surface area contributed by atoms with Crippen LogP contribution in [0.2, 0.25) is 0 Å². The molecule has 3 nitrogen and oxygen atoms in total. The van der Waals surface area contributed by atoms with Gasteiger partial charge in [0.25, 0.3) is 0 Å². The fraction of sp³-hybridized carbons (Fsp3) is 1.00. The fourth-order valence-electron chi connectivity index (χ4n) is 2.24. The molecule has 0 aromatic heterocycles. The number of hydrogen-bond acceptors (Lipinski definition) is 3. The summed E-state index contributed by atoms with van der Waals surface area (Å²) in [7, 11) is 0. The highest BCUT2D eigenvalue weighted by atomic mass is 16.5. The molecule has 0 radical (unpaired) electrons. The molecule has 0 saturated carbocycles. The molecule has 1 aliphatic heterocycles. The zero-order valence-corrected chi connectivity index (χ0v) is 11.0. The summed E-state index contributed by atoms with van der Waals surface area (Å²) in [6.07, 6.45) is 5.31. The topological polar surface area (TPSA) is 24.5 Å². The Morgan fingerprint density at radius 1 is 1.25 bits per heavy atom. The first-order valence-corrected chi connectivity index (χ1v) is 6.87. The second-order valence-corrected chi connectivity index (χ2v) is 4.70. The molecular formula is C13H28N2O. The molecule has 1 atom stereocenters. The van der Waals surface area contributed by atoms with Gasteiger partial charge in [-0.2, -0.15) is 0 Å². The van der Waals surface area contributed by atoms with Gasteiger partial charge in [-0.25, -0.2) is 0 Å². The molecule has 0 aliphatic carbocycles. The largest absolute Gasteiger partial charge is 0.382 e. The predicted molar refractivity (Wildman–Crippen MR) is 68.9 cm³/mol. The van der Waals surface area contributed by atoms with Crippen LogP contribution in [-0.4, -0.2) is 50.3 Å². The smallest absolute Gasteiger partial charge is 0.0477 e. The van der Waals surface area contributed by atoms with E-state index in [1.165, 1.54) is 32.4 Å². The van der Waals surface area contributed by atoms with Crippen LogP contribution in [-0.2, 0) is 4.74 Å². The zero-order valence-electron chi connectivity index (χ0n) is 11.0. The maximum atomic E-state index is 5.31. The van der Waals surface area contributed by atoms with E-state index in [9.17, 15) is 0 Å². The van der Waals surface area contributed by atoms with Crippen LogP contribution >= 0.6 is 0 Å². The summed E-state index contributed by atoms with van der Waals surface area (Å²) in [6.45, 7) is 10.9.